The lowest BCUT2D eigenvalue weighted by molar-refractivity contribution is 0.404. The van der Waals surface area contributed by atoms with Crippen LogP contribution < -0.4 is 0 Å². The number of benzene rings is 2. The molecule has 0 radical (unpaired) electrons. The molecule has 1 aromatic heterocycles. The van der Waals surface area contributed by atoms with Gasteiger partial charge in [0, 0.05) is 28.8 Å². The summed E-state index contributed by atoms with van der Waals surface area (Å²) in [4.78, 5) is 0. The van der Waals surface area contributed by atoms with Gasteiger partial charge in [-0.1, -0.05) is 19.8 Å². The number of fused-ring (bicyclic) bond motifs is 5. The maximum Gasteiger partial charge on any atom is 0.159 e. The molecule has 3 aromatic rings. The summed E-state index contributed by atoms with van der Waals surface area (Å²) in [5.74, 6) is 0.110. The molecule has 2 aromatic carbocycles. The van der Waals surface area contributed by atoms with Crippen LogP contribution in [0, 0.1) is 0 Å². The van der Waals surface area contributed by atoms with E-state index in [0.717, 1.165) is 53.4 Å². The summed E-state index contributed by atoms with van der Waals surface area (Å²) in [7, 11) is 0. The Balaban J connectivity index is 1.97. The van der Waals surface area contributed by atoms with Crippen LogP contribution in [0.2, 0.25) is 0 Å². The number of phenolic OH excluding ortho intramolecular Hbond substituents is 3. The average molecular weight is 323 g/mol. The number of aromatic hydroxyl groups is 3. The first-order chi connectivity index (χ1) is 11.6. The molecule has 0 bridgehead atoms. The van der Waals surface area contributed by atoms with Gasteiger partial charge in [0.05, 0.1) is 5.52 Å². The quantitative estimate of drug-likeness (QED) is 0.611. The van der Waals surface area contributed by atoms with E-state index in [9.17, 15) is 15.3 Å². The van der Waals surface area contributed by atoms with Gasteiger partial charge in [-0.3, -0.25) is 0 Å². The molecule has 1 atom stereocenters. The van der Waals surface area contributed by atoms with Crippen molar-refractivity contribution in [2.75, 3.05) is 0 Å². The predicted molar refractivity (Wildman–Crippen MR) is 94.6 cm³/mol. The predicted octanol–water partition coefficient (Wildman–Crippen LogP) is 4.71. The van der Waals surface area contributed by atoms with Gasteiger partial charge in [0.25, 0.3) is 0 Å². The zero-order chi connectivity index (χ0) is 16.8. The number of aromatic nitrogens is 1. The lowest BCUT2D eigenvalue weighted by Crippen LogP contribution is -2.18. The number of hydrogen-bond donors (Lipinski definition) is 3. The molecular weight excluding hydrogens is 302 g/mol. The van der Waals surface area contributed by atoms with E-state index in [-0.39, 0.29) is 17.5 Å². The highest BCUT2D eigenvalue weighted by Crippen LogP contribution is 2.44. The van der Waals surface area contributed by atoms with Gasteiger partial charge in [0.2, 0.25) is 0 Å². The average Bonchev–Trinajstić information content (AvgIpc) is 2.91. The van der Waals surface area contributed by atoms with Gasteiger partial charge < -0.3 is 19.9 Å². The van der Waals surface area contributed by atoms with E-state index in [0.29, 0.717) is 5.75 Å². The molecule has 1 aliphatic rings. The molecule has 0 amide bonds. The van der Waals surface area contributed by atoms with Crippen molar-refractivity contribution in [1.82, 2.24) is 4.57 Å². The molecule has 24 heavy (non-hydrogen) atoms. The van der Waals surface area contributed by atoms with E-state index in [1.165, 1.54) is 0 Å². The molecule has 2 heterocycles. The fourth-order valence-corrected chi connectivity index (χ4v) is 3.87. The molecule has 4 heteroatoms. The number of phenols is 3. The normalized spacial score (nSPS) is 16.1. The fraction of sp³-hybridized carbons (Fsp3) is 0.300. The summed E-state index contributed by atoms with van der Waals surface area (Å²) < 4.78 is 2.28. The zero-order valence-corrected chi connectivity index (χ0v) is 13.7. The van der Waals surface area contributed by atoms with Crippen LogP contribution in [0.4, 0.5) is 0 Å². The van der Waals surface area contributed by atoms with E-state index in [1.807, 2.05) is 12.1 Å². The van der Waals surface area contributed by atoms with Gasteiger partial charge in [-0.15, -0.1) is 0 Å². The van der Waals surface area contributed by atoms with Crippen LogP contribution in [0.3, 0.4) is 0 Å². The van der Waals surface area contributed by atoms with Crippen molar-refractivity contribution in [3.05, 3.63) is 42.0 Å². The second-order valence-corrected chi connectivity index (χ2v) is 6.64. The van der Waals surface area contributed by atoms with Crippen molar-refractivity contribution in [3.8, 4) is 28.5 Å². The summed E-state index contributed by atoms with van der Waals surface area (Å²) in [6.45, 7) is 2.18. The van der Waals surface area contributed by atoms with E-state index in [4.69, 9.17) is 0 Å². The van der Waals surface area contributed by atoms with Crippen LogP contribution in [0.1, 0.15) is 37.8 Å². The van der Waals surface area contributed by atoms with Crippen molar-refractivity contribution in [2.24, 2.45) is 0 Å². The number of unbranched alkanes of at least 4 members (excludes halogenated alkanes) is 1. The summed E-state index contributed by atoms with van der Waals surface area (Å²) in [5.41, 5.74) is 4.29. The Morgan fingerprint density at radius 3 is 2.62 bits per heavy atom. The lowest BCUT2D eigenvalue weighted by Gasteiger charge is -2.29. The van der Waals surface area contributed by atoms with Crippen molar-refractivity contribution in [2.45, 2.75) is 38.6 Å². The van der Waals surface area contributed by atoms with E-state index >= 15 is 0 Å². The zero-order valence-electron chi connectivity index (χ0n) is 13.7. The second-order valence-electron chi connectivity index (χ2n) is 6.64. The smallest absolute Gasteiger partial charge is 0.159 e. The second kappa shape index (κ2) is 5.48. The minimum Gasteiger partial charge on any atom is -0.508 e. The molecule has 0 spiro atoms. The Bertz CT molecular complexity index is 926. The molecule has 4 rings (SSSR count). The molecule has 4 nitrogen and oxygen atoms in total. The Labute approximate surface area is 140 Å². The van der Waals surface area contributed by atoms with Crippen molar-refractivity contribution >= 4 is 10.9 Å². The highest BCUT2D eigenvalue weighted by molar-refractivity contribution is 5.91. The summed E-state index contributed by atoms with van der Waals surface area (Å²) in [6.07, 6.45) is 4.16. The van der Waals surface area contributed by atoms with Crippen molar-refractivity contribution in [3.63, 3.8) is 0 Å². The molecule has 1 unspecified atom stereocenters. The summed E-state index contributed by atoms with van der Waals surface area (Å²) >= 11 is 0. The first kappa shape index (κ1) is 14.9. The van der Waals surface area contributed by atoms with Crippen LogP contribution in [0.15, 0.2) is 36.4 Å². The fourth-order valence-electron chi connectivity index (χ4n) is 3.87. The molecule has 0 saturated heterocycles. The Kier molecular flexibility index (Phi) is 3.41. The molecule has 1 aliphatic heterocycles. The van der Waals surface area contributed by atoms with E-state index in [1.54, 1.807) is 18.2 Å². The third-order valence-corrected chi connectivity index (χ3v) is 5.01. The topological polar surface area (TPSA) is 65.6 Å². The number of hydrogen-bond acceptors (Lipinski definition) is 3. The maximum atomic E-state index is 9.93. The summed E-state index contributed by atoms with van der Waals surface area (Å²) in [6, 6.07) is 11.1. The maximum absolute atomic E-state index is 9.93. The lowest BCUT2D eigenvalue weighted by atomic mass is 9.91. The van der Waals surface area contributed by atoms with Crippen LogP contribution in [0.5, 0.6) is 17.2 Å². The van der Waals surface area contributed by atoms with Crippen LogP contribution >= 0.6 is 0 Å². The first-order valence-corrected chi connectivity index (χ1v) is 8.47. The van der Waals surface area contributed by atoms with Gasteiger partial charge in [-0.2, -0.15) is 0 Å². The monoisotopic (exact) mass is 323 g/mol. The Morgan fingerprint density at radius 2 is 1.83 bits per heavy atom. The molecule has 3 N–H and O–H groups in total. The Morgan fingerprint density at radius 1 is 1.04 bits per heavy atom. The molecular formula is C20H21NO3. The van der Waals surface area contributed by atoms with Crippen molar-refractivity contribution < 1.29 is 15.3 Å². The minimum atomic E-state index is -0.0958. The van der Waals surface area contributed by atoms with Crippen LogP contribution in [-0.2, 0) is 6.42 Å². The highest BCUT2D eigenvalue weighted by Gasteiger charge is 2.26. The van der Waals surface area contributed by atoms with Gasteiger partial charge in [0.1, 0.15) is 5.75 Å². The molecule has 0 aliphatic carbocycles. The highest BCUT2D eigenvalue weighted by atomic mass is 16.3. The van der Waals surface area contributed by atoms with E-state index < -0.39 is 0 Å². The van der Waals surface area contributed by atoms with Gasteiger partial charge in [-0.05, 0) is 48.7 Å². The van der Waals surface area contributed by atoms with E-state index in [2.05, 4.69) is 17.6 Å². The van der Waals surface area contributed by atoms with Gasteiger partial charge in [0.15, 0.2) is 11.5 Å². The summed E-state index contributed by atoms with van der Waals surface area (Å²) in [5, 5.41) is 30.5. The first-order valence-electron chi connectivity index (χ1n) is 8.47. The van der Waals surface area contributed by atoms with Gasteiger partial charge >= 0.3 is 0 Å². The minimum absolute atomic E-state index is 0.0888. The standard InChI is InChI=1S/C20H21NO3/c1-2-3-4-14-7-12-8-15(22)5-6-16(12)18-9-13-10-19(23)20(24)11-17(13)21(14)18/h5-6,8-11,14,22-24H,2-4,7H2,1H3. The van der Waals surface area contributed by atoms with Crippen LogP contribution in [-0.4, -0.2) is 19.9 Å². The third kappa shape index (κ3) is 2.21. The van der Waals surface area contributed by atoms with Crippen LogP contribution in [0.25, 0.3) is 22.2 Å². The molecule has 0 fully saturated rings. The Hall–Kier alpha value is -2.62. The SMILES string of the molecule is CCCCC1Cc2cc(O)ccc2-c2cc3cc(O)c(O)cc3n21. The van der Waals surface area contributed by atoms with Gasteiger partial charge in [-0.25, -0.2) is 0 Å². The number of rotatable bonds is 3. The molecule has 0 saturated carbocycles. The third-order valence-electron chi connectivity index (χ3n) is 5.01. The van der Waals surface area contributed by atoms with Crippen molar-refractivity contribution in [1.29, 1.82) is 0 Å². The number of nitrogens with zero attached hydrogens (tertiary/aromatic N) is 1. The largest absolute Gasteiger partial charge is 0.508 e. The molecule has 124 valence electrons.